The van der Waals surface area contributed by atoms with Crippen LogP contribution in [0.4, 0.5) is 18.9 Å². The topological polar surface area (TPSA) is 111 Å². The zero-order valence-electron chi connectivity index (χ0n) is 15.2. The maximum atomic E-state index is 13.1. The molecule has 0 bridgehead atoms. The Labute approximate surface area is 168 Å². The van der Waals surface area contributed by atoms with Gasteiger partial charge in [0.15, 0.2) is 11.7 Å². The molecule has 2 aliphatic rings. The van der Waals surface area contributed by atoms with Crippen LogP contribution in [0.25, 0.3) is 0 Å². The number of halogens is 3. The Balaban J connectivity index is 1.50. The van der Waals surface area contributed by atoms with Crippen LogP contribution in [-0.4, -0.2) is 39.8 Å². The number of nitrogens with zero attached hydrogens (tertiary/aromatic N) is 2. The minimum atomic E-state index is -4.65. The molecule has 2 amide bonds. The number of carbonyl (C=O) groups excluding carboxylic acids is 2. The molecule has 30 heavy (non-hydrogen) atoms. The van der Waals surface area contributed by atoms with Gasteiger partial charge in [-0.15, -0.1) is 0 Å². The molecule has 0 spiro atoms. The van der Waals surface area contributed by atoms with Gasteiger partial charge in [-0.3, -0.25) is 14.9 Å². The van der Waals surface area contributed by atoms with Gasteiger partial charge >= 0.3 is 6.18 Å². The number of allylic oxidation sites excluding steroid dienone is 2. The van der Waals surface area contributed by atoms with E-state index < -0.39 is 29.2 Å². The summed E-state index contributed by atoms with van der Waals surface area (Å²) in [6.07, 6.45) is 3.90. The summed E-state index contributed by atoms with van der Waals surface area (Å²) in [5.74, 6) is -1.45. The SMILES string of the molecule is O=C(Nc1ccccc1C(F)(F)F)c1nc[nH]c1C(=O)NC1=NC2C=CC=CC2N1. The maximum Gasteiger partial charge on any atom is 0.418 e. The lowest BCUT2D eigenvalue weighted by Crippen LogP contribution is -2.42. The van der Waals surface area contributed by atoms with Gasteiger partial charge in [0.25, 0.3) is 11.8 Å². The molecule has 1 aliphatic carbocycles. The zero-order chi connectivity index (χ0) is 21.3. The number of aliphatic imine (C=N–C) groups is 1. The molecule has 0 saturated heterocycles. The van der Waals surface area contributed by atoms with E-state index in [1.165, 1.54) is 12.1 Å². The minimum Gasteiger partial charge on any atom is -0.347 e. The molecule has 11 heteroatoms. The first kappa shape index (κ1) is 19.4. The van der Waals surface area contributed by atoms with E-state index in [4.69, 9.17) is 0 Å². The zero-order valence-corrected chi connectivity index (χ0v) is 15.2. The highest BCUT2D eigenvalue weighted by molar-refractivity contribution is 6.13. The fourth-order valence-electron chi connectivity index (χ4n) is 3.10. The number of imidazole rings is 1. The number of benzene rings is 1. The molecule has 2 aromatic rings. The third kappa shape index (κ3) is 3.81. The van der Waals surface area contributed by atoms with Crippen molar-refractivity contribution in [1.82, 2.24) is 20.6 Å². The third-order valence-corrected chi connectivity index (χ3v) is 4.48. The number of nitrogens with one attached hydrogen (secondary N) is 4. The Hall–Kier alpha value is -3.89. The summed E-state index contributed by atoms with van der Waals surface area (Å²) in [5.41, 5.74) is -2.00. The van der Waals surface area contributed by atoms with Gasteiger partial charge in [-0.2, -0.15) is 13.2 Å². The number of para-hydroxylation sites is 1. The van der Waals surface area contributed by atoms with Crippen molar-refractivity contribution < 1.29 is 22.8 Å². The quantitative estimate of drug-likeness (QED) is 0.615. The summed E-state index contributed by atoms with van der Waals surface area (Å²) in [5, 5.41) is 7.72. The van der Waals surface area contributed by atoms with Crippen molar-refractivity contribution in [2.24, 2.45) is 4.99 Å². The fraction of sp³-hybridized carbons (Fsp3) is 0.158. The largest absolute Gasteiger partial charge is 0.418 e. The number of amides is 2. The Morgan fingerprint density at radius 2 is 1.80 bits per heavy atom. The number of hydrogen-bond donors (Lipinski definition) is 4. The van der Waals surface area contributed by atoms with Crippen LogP contribution >= 0.6 is 0 Å². The normalized spacial score (nSPS) is 19.6. The molecule has 4 N–H and O–H groups in total. The predicted molar refractivity (Wildman–Crippen MR) is 102 cm³/mol. The van der Waals surface area contributed by atoms with Crippen LogP contribution in [0.1, 0.15) is 26.5 Å². The van der Waals surface area contributed by atoms with Crippen molar-refractivity contribution in [3.63, 3.8) is 0 Å². The number of hydrogen-bond acceptors (Lipinski definition) is 5. The molecule has 2 heterocycles. The molecule has 0 fully saturated rings. The number of fused-ring (bicyclic) bond motifs is 1. The van der Waals surface area contributed by atoms with Gasteiger partial charge in [0.05, 0.1) is 29.7 Å². The lowest BCUT2D eigenvalue weighted by molar-refractivity contribution is -0.136. The number of guanidine groups is 1. The second-order valence-corrected chi connectivity index (χ2v) is 6.49. The van der Waals surface area contributed by atoms with Crippen molar-refractivity contribution in [3.05, 3.63) is 71.8 Å². The van der Waals surface area contributed by atoms with E-state index in [1.54, 1.807) is 0 Å². The molecule has 154 valence electrons. The number of alkyl halides is 3. The Bertz CT molecular complexity index is 1090. The second-order valence-electron chi connectivity index (χ2n) is 6.49. The van der Waals surface area contributed by atoms with Crippen molar-refractivity contribution in [1.29, 1.82) is 0 Å². The van der Waals surface area contributed by atoms with Crippen LogP contribution in [0, 0.1) is 0 Å². The fourth-order valence-corrected chi connectivity index (χ4v) is 3.10. The monoisotopic (exact) mass is 416 g/mol. The van der Waals surface area contributed by atoms with Crippen molar-refractivity contribution >= 4 is 23.5 Å². The van der Waals surface area contributed by atoms with E-state index >= 15 is 0 Å². The number of aromatic amines is 1. The molecule has 1 aromatic heterocycles. The number of rotatable bonds is 3. The lowest BCUT2D eigenvalue weighted by atomic mass is 10.1. The van der Waals surface area contributed by atoms with Crippen molar-refractivity contribution in [2.45, 2.75) is 18.3 Å². The average molecular weight is 416 g/mol. The van der Waals surface area contributed by atoms with Crippen molar-refractivity contribution in [3.8, 4) is 0 Å². The van der Waals surface area contributed by atoms with Crippen LogP contribution in [-0.2, 0) is 6.18 Å². The summed E-state index contributed by atoms with van der Waals surface area (Å²) < 4.78 is 39.4. The first-order chi connectivity index (χ1) is 14.3. The lowest BCUT2D eigenvalue weighted by Gasteiger charge is -2.14. The number of anilines is 1. The molecular formula is C19H15F3N6O2. The maximum absolute atomic E-state index is 13.1. The van der Waals surface area contributed by atoms with E-state index in [9.17, 15) is 22.8 Å². The first-order valence-corrected chi connectivity index (χ1v) is 8.84. The van der Waals surface area contributed by atoms with Crippen LogP contribution in [0.15, 0.2) is 59.9 Å². The van der Waals surface area contributed by atoms with Crippen LogP contribution in [0.5, 0.6) is 0 Å². The van der Waals surface area contributed by atoms with E-state index in [-0.39, 0.29) is 29.4 Å². The van der Waals surface area contributed by atoms with Gasteiger partial charge in [0, 0.05) is 0 Å². The molecule has 8 nitrogen and oxygen atoms in total. The second kappa shape index (κ2) is 7.50. The first-order valence-electron chi connectivity index (χ1n) is 8.84. The summed E-state index contributed by atoms with van der Waals surface area (Å²) in [4.78, 5) is 35.7. The number of aromatic nitrogens is 2. The van der Waals surface area contributed by atoms with E-state index in [2.05, 4.69) is 30.9 Å². The highest BCUT2D eigenvalue weighted by Gasteiger charge is 2.34. The molecule has 4 rings (SSSR count). The number of carbonyl (C=O) groups is 2. The molecule has 2 atom stereocenters. The van der Waals surface area contributed by atoms with Crippen molar-refractivity contribution in [2.75, 3.05) is 5.32 Å². The smallest absolute Gasteiger partial charge is 0.347 e. The molecule has 1 aromatic carbocycles. The van der Waals surface area contributed by atoms with Crippen LogP contribution in [0.3, 0.4) is 0 Å². The van der Waals surface area contributed by atoms with E-state index in [1.807, 2.05) is 24.3 Å². The summed E-state index contributed by atoms with van der Waals surface area (Å²) in [6, 6.07) is 4.29. The Kier molecular flexibility index (Phi) is 4.86. The van der Waals surface area contributed by atoms with Gasteiger partial charge in [-0.05, 0) is 12.1 Å². The summed E-state index contributed by atoms with van der Waals surface area (Å²) in [6.45, 7) is 0. The van der Waals surface area contributed by atoms with Gasteiger partial charge < -0.3 is 15.6 Å². The van der Waals surface area contributed by atoms with Gasteiger partial charge in [0.1, 0.15) is 5.69 Å². The molecular weight excluding hydrogens is 401 g/mol. The van der Waals surface area contributed by atoms with Crippen LogP contribution in [0.2, 0.25) is 0 Å². The van der Waals surface area contributed by atoms with E-state index in [0.29, 0.717) is 0 Å². The van der Waals surface area contributed by atoms with E-state index in [0.717, 1.165) is 18.5 Å². The number of H-pyrrole nitrogens is 1. The molecule has 2 unspecified atom stereocenters. The Morgan fingerprint density at radius 3 is 2.57 bits per heavy atom. The molecule has 0 radical (unpaired) electrons. The highest BCUT2D eigenvalue weighted by Crippen LogP contribution is 2.34. The minimum absolute atomic E-state index is 0.0892. The summed E-state index contributed by atoms with van der Waals surface area (Å²) >= 11 is 0. The molecule has 1 aliphatic heterocycles. The van der Waals surface area contributed by atoms with Gasteiger partial charge in [-0.25, -0.2) is 9.98 Å². The Morgan fingerprint density at radius 1 is 1.03 bits per heavy atom. The van der Waals surface area contributed by atoms with Gasteiger partial charge in [0.2, 0.25) is 0 Å². The molecule has 0 saturated carbocycles. The van der Waals surface area contributed by atoms with Gasteiger partial charge in [-0.1, -0.05) is 36.4 Å². The standard InChI is InChI=1S/C19H15F3N6O2/c20-19(21,22)10-5-1-2-6-11(10)25-16(29)14-15(24-9-23-14)17(30)28-18-26-12-7-3-4-8-13(12)27-18/h1-9,12-13H,(H,23,24)(H,25,29)(H2,26,27,28,30). The summed E-state index contributed by atoms with van der Waals surface area (Å²) in [7, 11) is 0. The highest BCUT2D eigenvalue weighted by atomic mass is 19.4. The van der Waals surface area contributed by atoms with Crippen LogP contribution < -0.4 is 16.0 Å². The predicted octanol–water partition coefficient (Wildman–Crippen LogP) is 2.23. The average Bonchev–Trinajstić information content (AvgIpc) is 3.34. The third-order valence-electron chi connectivity index (χ3n) is 4.48.